The molecule has 0 bridgehead atoms. The molecule has 6 nitrogen and oxygen atoms in total. The molecule has 0 radical (unpaired) electrons. The first-order valence-corrected chi connectivity index (χ1v) is 11.7. The van der Waals surface area contributed by atoms with E-state index < -0.39 is 11.5 Å². The average molecular weight is 433 g/mol. The zero-order valence-corrected chi connectivity index (χ0v) is 19.6. The number of carbonyl (C=O) groups is 2. The summed E-state index contributed by atoms with van der Waals surface area (Å²) in [6.45, 7) is 8.79. The molecule has 2 N–H and O–H groups in total. The lowest BCUT2D eigenvalue weighted by Crippen LogP contribution is -2.53. The van der Waals surface area contributed by atoms with E-state index in [9.17, 15) is 9.59 Å². The summed E-state index contributed by atoms with van der Waals surface area (Å²) in [5, 5.41) is 2.99. The normalized spacial score (nSPS) is 16.6. The van der Waals surface area contributed by atoms with Crippen LogP contribution in [0.25, 0.3) is 0 Å². The number of amides is 1. The van der Waals surface area contributed by atoms with Crippen LogP contribution in [0.15, 0.2) is 30.3 Å². The van der Waals surface area contributed by atoms with Gasteiger partial charge in [0.25, 0.3) is 0 Å². The number of rotatable bonds is 12. The van der Waals surface area contributed by atoms with Crippen LogP contribution in [-0.2, 0) is 25.8 Å². The van der Waals surface area contributed by atoms with Crippen LogP contribution in [0.5, 0.6) is 0 Å². The van der Waals surface area contributed by atoms with Gasteiger partial charge in [-0.3, -0.25) is 9.63 Å². The fourth-order valence-electron chi connectivity index (χ4n) is 3.77. The standard InChI is InChI=1S/C25H40N2O4/c1-5-6-14-20(17-26-30-18-19-12-8-7-9-13-19)23(28)27-22(25(2,3)4)24(29)31-21-15-10-11-16-21/h7-9,12-13,20-22,26H,5-6,10-11,14-18H2,1-4H3,(H,27,28). The predicted molar refractivity (Wildman–Crippen MR) is 122 cm³/mol. The Morgan fingerprint density at radius 3 is 2.42 bits per heavy atom. The Hall–Kier alpha value is -1.92. The van der Waals surface area contributed by atoms with Crippen LogP contribution in [0.3, 0.4) is 0 Å². The first-order chi connectivity index (χ1) is 14.8. The molecule has 0 aliphatic heterocycles. The van der Waals surface area contributed by atoms with Gasteiger partial charge in [0, 0.05) is 6.54 Å². The highest BCUT2D eigenvalue weighted by Gasteiger charge is 2.37. The van der Waals surface area contributed by atoms with Gasteiger partial charge < -0.3 is 10.1 Å². The smallest absolute Gasteiger partial charge is 0.329 e. The fourth-order valence-corrected chi connectivity index (χ4v) is 3.77. The average Bonchev–Trinajstić information content (AvgIpc) is 3.24. The molecule has 1 aromatic carbocycles. The van der Waals surface area contributed by atoms with E-state index in [4.69, 9.17) is 9.57 Å². The summed E-state index contributed by atoms with van der Waals surface area (Å²) in [5.74, 6) is -0.734. The maximum atomic E-state index is 13.1. The summed E-state index contributed by atoms with van der Waals surface area (Å²) in [6, 6.07) is 9.21. The zero-order chi connectivity index (χ0) is 22.7. The van der Waals surface area contributed by atoms with Crippen molar-refractivity contribution in [1.29, 1.82) is 0 Å². The Kier molecular flexibility index (Phi) is 10.5. The summed E-state index contributed by atoms with van der Waals surface area (Å²) in [6.07, 6.45) is 6.68. The number of ether oxygens (including phenoxy) is 1. The molecule has 1 saturated carbocycles. The van der Waals surface area contributed by atoms with Gasteiger partial charge in [-0.05, 0) is 43.1 Å². The summed E-state index contributed by atoms with van der Waals surface area (Å²) in [7, 11) is 0. The molecule has 2 unspecified atom stereocenters. The van der Waals surface area contributed by atoms with Gasteiger partial charge in [-0.15, -0.1) is 0 Å². The summed E-state index contributed by atoms with van der Waals surface area (Å²) in [4.78, 5) is 31.5. The molecule has 1 amide bonds. The van der Waals surface area contributed by atoms with Gasteiger partial charge in [-0.25, -0.2) is 10.3 Å². The van der Waals surface area contributed by atoms with E-state index in [-0.39, 0.29) is 23.9 Å². The van der Waals surface area contributed by atoms with Crippen molar-refractivity contribution in [3.63, 3.8) is 0 Å². The Balaban J connectivity index is 1.92. The molecule has 2 atom stereocenters. The van der Waals surface area contributed by atoms with Gasteiger partial charge in [0.15, 0.2) is 0 Å². The largest absolute Gasteiger partial charge is 0.461 e. The molecule has 0 heterocycles. The maximum Gasteiger partial charge on any atom is 0.329 e. The summed E-state index contributed by atoms with van der Waals surface area (Å²) >= 11 is 0. The Labute approximate surface area is 187 Å². The van der Waals surface area contributed by atoms with Gasteiger partial charge in [0.2, 0.25) is 5.91 Å². The van der Waals surface area contributed by atoms with Gasteiger partial charge in [-0.1, -0.05) is 70.9 Å². The molecule has 2 rings (SSSR count). The molecule has 1 aliphatic rings. The number of hydrogen-bond acceptors (Lipinski definition) is 5. The molecule has 31 heavy (non-hydrogen) atoms. The van der Waals surface area contributed by atoms with Crippen LogP contribution < -0.4 is 10.8 Å². The second-order valence-corrected chi connectivity index (χ2v) is 9.61. The summed E-state index contributed by atoms with van der Waals surface area (Å²) < 4.78 is 5.72. The topological polar surface area (TPSA) is 76.7 Å². The highest BCUT2D eigenvalue weighted by molar-refractivity contribution is 5.86. The highest BCUT2D eigenvalue weighted by atomic mass is 16.6. The fraction of sp³-hybridized carbons (Fsp3) is 0.680. The lowest BCUT2D eigenvalue weighted by atomic mass is 9.86. The molecular formula is C25H40N2O4. The monoisotopic (exact) mass is 432 g/mol. The molecule has 174 valence electrons. The molecule has 0 aromatic heterocycles. The minimum Gasteiger partial charge on any atom is -0.461 e. The van der Waals surface area contributed by atoms with Crippen LogP contribution >= 0.6 is 0 Å². The number of unbranched alkanes of at least 4 members (excludes halogenated alkanes) is 1. The van der Waals surface area contributed by atoms with Crippen LogP contribution in [0.2, 0.25) is 0 Å². The van der Waals surface area contributed by atoms with E-state index in [0.29, 0.717) is 13.2 Å². The van der Waals surface area contributed by atoms with Gasteiger partial charge >= 0.3 is 5.97 Å². The van der Waals surface area contributed by atoms with Crippen molar-refractivity contribution in [3.8, 4) is 0 Å². The van der Waals surface area contributed by atoms with Crippen molar-refractivity contribution < 1.29 is 19.2 Å². The first kappa shape index (κ1) is 25.3. The van der Waals surface area contributed by atoms with E-state index >= 15 is 0 Å². The first-order valence-electron chi connectivity index (χ1n) is 11.7. The highest BCUT2D eigenvalue weighted by Crippen LogP contribution is 2.26. The molecule has 1 aromatic rings. The van der Waals surface area contributed by atoms with Crippen LogP contribution in [0, 0.1) is 11.3 Å². The van der Waals surface area contributed by atoms with Gasteiger partial charge in [0.05, 0.1) is 12.5 Å². The quantitative estimate of drug-likeness (QED) is 0.288. The lowest BCUT2D eigenvalue weighted by Gasteiger charge is -2.32. The Morgan fingerprint density at radius 1 is 1.13 bits per heavy atom. The van der Waals surface area contributed by atoms with Crippen molar-refractivity contribution in [1.82, 2.24) is 10.8 Å². The van der Waals surface area contributed by atoms with Crippen molar-refractivity contribution >= 4 is 11.9 Å². The number of benzene rings is 1. The third-order valence-electron chi connectivity index (χ3n) is 5.76. The molecule has 6 heteroatoms. The minimum absolute atomic E-state index is 0.0156. The third kappa shape index (κ3) is 8.99. The van der Waals surface area contributed by atoms with Crippen molar-refractivity contribution in [3.05, 3.63) is 35.9 Å². The van der Waals surface area contributed by atoms with Crippen molar-refractivity contribution in [2.45, 2.75) is 91.4 Å². The zero-order valence-electron chi connectivity index (χ0n) is 19.6. The number of nitrogens with one attached hydrogen (secondary N) is 2. The van der Waals surface area contributed by atoms with E-state index in [2.05, 4.69) is 17.7 Å². The van der Waals surface area contributed by atoms with E-state index in [1.807, 2.05) is 51.1 Å². The predicted octanol–water partition coefficient (Wildman–Crippen LogP) is 4.53. The maximum absolute atomic E-state index is 13.1. The molecule has 1 fully saturated rings. The second kappa shape index (κ2) is 12.8. The Morgan fingerprint density at radius 2 is 1.81 bits per heavy atom. The number of carbonyl (C=O) groups excluding carboxylic acids is 2. The van der Waals surface area contributed by atoms with Crippen molar-refractivity contribution in [2.75, 3.05) is 6.54 Å². The van der Waals surface area contributed by atoms with Crippen LogP contribution in [-0.4, -0.2) is 30.6 Å². The molecular weight excluding hydrogens is 392 g/mol. The number of hydrogen-bond donors (Lipinski definition) is 2. The van der Waals surface area contributed by atoms with Gasteiger partial charge in [-0.2, -0.15) is 0 Å². The molecule has 1 aliphatic carbocycles. The number of hydroxylamine groups is 1. The van der Waals surface area contributed by atoms with Crippen molar-refractivity contribution in [2.24, 2.45) is 11.3 Å². The van der Waals surface area contributed by atoms with E-state index in [0.717, 1.165) is 50.5 Å². The van der Waals surface area contributed by atoms with E-state index in [1.165, 1.54) is 0 Å². The van der Waals surface area contributed by atoms with Gasteiger partial charge in [0.1, 0.15) is 12.1 Å². The lowest BCUT2D eigenvalue weighted by molar-refractivity contribution is -0.156. The summed E-state index contributed by atoms with van der Waals surface area (Å²) in [5.41, 5.74) is 3.58. The minimum atomic E-state index is -0.671. The molecule has 0 saturated heterocycles. The number of esters is 1. The third-order valence-corrected chi connectivity index (χ3v) is 5.76. The molecule has 0 spiro atoms. The van der Waals surface area contributed by atoms with Crippen LogP contribution in [0.1, 0.15) is 78.2 Å². The van der Waals surface area contributed by atoms with Crippen LogP contribution in [0.4, 0.5) is 0 Å². The van der Waals surface area contributed by atoms with E-state index in [1.54, 1.807) is 0 Å². The Bertz CT molecular complexity index is 666. The SMILES string of the molecule is CCCCC(CNOCc1ccccc1)C(=O)NC(C(=O)OC1CCCC1)C(C)(C)C. The second-order valence-electron chi connectivity index (χ2n) is 9.61.